The number of nitrogens with one attached hydrogen (secondary N) is 2. The summed E-state index contributed by atoms with van der Waals surface area (Å²) in [5.74, 6) is 0.204. The van der Waals surface area contributed by atoms with Crippen LogP contribution in [-0.4, -0.2) is 54.1 Å². The quantitative estimate of drug-likeness (QED) is 0.620. The van der Waals surface area contributed by atoms with Crippen LogP contribution in [0.3, 0.4) is 0 Å². The van der Waals surface area contributed by atoms with Gasteiger partial charge in [-0.3, -0.25) is 0 Å². The van der Waals surface area contributed by atoms with Gasteiger partial charge in [-0.05, 0) is 24.3 Å². The lowest BCUT2D eigenvalue weighted by molar-refractivity contribution is 0.0520. The minimum absolute atomic E-state index is 0.192. The van der Waals surface area contributed by atoms with Gasteiger partial charge in [0.1, 0.15) is 18.8 Å². The van der Waals surface area contributed by atoms with Gasteiger partial charge in [-0.2, -0.15) is 0 Å². The first-order valence-corrected chi connectivity index (χ1v) is 7.31. The molecular weight excluding hydrogens is 310 g/mol. The maximum absolute atomic E-state index is 12.0. The van der Waals surface area contributed by atoms with E-state index < -0.39 is 5.97 Å². The molecule has 0 radical (unpaired) electrons. The van der Waals surface area contributed by atoms with E-state index in [1.54, 1.807) is 50.6 Å². The molecule has 0 aliphatic carbocycles. The lowest BCUT2D eigenvalue weighted by Crippen LogP contribution is -2.27. The molecule has 0 fully saturated rings. The molecule has 0 aliphatic rings. The number of ether oxygens (including phenoxy) is 1. The molecule has 2 N–H and O–H groups in total. The molecule has 24 heavy (non-hydrogen) atoms. The second-order valence-electron chi connectivity index (χ2n) is 5.06. The zero-order valence-corrected chi connectivity index (χ0v) is 13.5. The van der Waals surface area contributed by atoms with Crippen LogP contribution < -0.4 is 10.6 Å². The number of carbonyl (C=O) groups excluding carboxylic acids is 2. The van der Waals surface area contributed by atoms with Crippen LogP contribution >= 0.6 is 0 Å². The number of esters is 1. The first-order chi connectivity index (χ1) is 11.6. The van der Waals surface area contributed by atoms with Crippen LogP contribution in [0.15, 0.2) is 42.9 Å². The first-order valence-electron chi connectivity index (χ1n) is 7.31. The Hall–Kier alpha value is -3.16. The summed E-state index contributed by atoms with van der Waals surface area (Å²) in [7, 11) is 3.27. The number of hydrogen-bond acceptors (Lipinski definition) is 6. The van der Waals surface area contributed by atoms with Crippen molar-refractivity contribution >= 4 is 23.5 Å². The molecule has 2 rings (SSSR count). The van der Waals surface area contributed by atoms with Crippen LogP contribution in [0.5, 0.6) is 0 Å². The number of anilines is 2. The summed E-state index contributed by atoms with van der Waals surface area (Å²) >= 11 is 0. The number of benzene rings is 1. The molecule has 1 aromatic heterocycles. The molecule has 8 heteroatoms. The van der Waals surface area contributed by atoms with Crippen molar-refractivity contribution in [2.24, 2.45) is 0 Å². The number of nitrogens with zero attached hydrogens (tertiary/aromatic N) is 3. The van der Waals surface area contributed by atoms with Gasteiger partial charge < -0.3 is 20.3 Å². The van der Waals surface area contributed by atoms with Crippen LogP contribution in [-0.2, 0) is 4.74 Å². The maximum atomic E-state index is 12.0. The van der Waals surface area contributed by atoms with Gasteiger partial charge in [0.05, 0.1) is 12.1 Å². The average Bonchev–Trinajstić information content (AvgIpc) is 2.59. The van der Waals surface area contributed by atoms with Crippen molar-refractivity contribution in [1.29, 1.82) is 0 Å². The van der Waals surface area contributed by atoms with E-state index in [1.807, 2.05) is 0 Å². The maximum Gasteiger partial charge on any atom is 0.338 e. The lowest BCUT2D eigenvalue weighted by Gasteiger charge is -2.12. The molecule has 0 unspecified atom stereocenters. The van der Waals surface area contributed by atoms with Crippen molar-refractivity contribution in [2.75, 3.05) is 37.9 Å². The molecular formula is C16H19N5O3. The van der Waals surface area contributed by atoms with Crippen molar-refractivity contribution in [3.8, 4) is 0 Å². The highest BCUT2D eigenvalue weighted by Gasteiger charge is 2.09. The minimum Gasteiger partial charge on any atom is -0.460 e. The predicted octanol–water partition coefficient (Wildman–Crippen LogP) is 1.84. The van der Waals surface area contributed by atoms with E-state index >= 15 is 0 Å². The zero-order valence-electron chi connectivity index (χ0n) is 13.5. The third kappa shape index (κ3) is 5.24. The van der Waals surface area contributed by atoms with Crippen LogP contribution in [0, 0.1) is 0 Å². The van der Waals surface area contributed by atoms with E-state index in [1.165, 1.54) is 11.2 Å². The Balaban J connectivity index is 1.82. The fraction of sp³-hybridized carbons (Fsp3) is 0.250. The van der Waals surface area contributed by atoms with Crippen molar-refractivity contribution < 1.29 is 14.3 Å². The van der Waals surface area contributed by atoms with Gasteiger partial charge in [0.25, 0.3) is 0 Å². The Morgan fingerprint density at radius 3 is 2.79 bits per heavy atom. The van der Waals surface area contributed by atoms with Gasteiger partial charge in [-0.25, -0.2) is 19.6 Å². The first kappa shape index (κ1) is 17.2. The van der Waals surface area contributed by atoms with Crippen LogP contribution in [0.2, 0.25) is 0 Å². The molecule has 1 heterocycles. The summed E-state index contributed by atoms with van der Waals surface area (Å²) < 4.78 is 5.19. The Kier molecular flexibility index (Phi) is 6.07. The summed E-state index contributed by atoms with van der Waals surface area (Å²) in [6.45, 7) is 0.622. The fourth-order valence-corrected chi connectivity index (χ4v) is 1.76. The molecule has 0 saturated heterocycles. The third-order valence-electron chi connectivity index (χ3n) is 2.98. The number of rotatable bonds is 6. The van der Waals surface area contributed by atoms with E-state index in [2.05, 4.69) is 20.6 Å². The van der Waals surface area contributed by atoms with Crippen LogP contribution in [0.25, 0.3) is 0 Å². The van der Waals surface area contributed by atoms with Crippen molar-refractivity contribution in [3.05, 3.63) is 48.4 Å². The largest absolute Gasteiger partial charge is 0.460 e. The number of carbonyl (C=O) groups is 2. The molecule has 2 aromatic rings. The highest BCUT2D eigenvalue weighted by atomic mass is 16.5. The molecule has 0 spiro atoms. The van der Waals surface area contributed by atoms with Crippen LogP contribution in [0.1, 0.15) is 10.4 Å². The Labute approximate surface area is 139 Å². The van der Waals surface area contributed by atoms with Gasteiger partial charge in [-0.15, -0.1) is 0 Å². The number of aromatic nitrogens is 2. The molecule has 2 amide bonds. The summed E-state index contributed by atoms with van der Waals surface area (Å²) in [6, 6.07) is 8.04. The Bertz CT molecular complexity index is 691. The molecule has 0 atom stereocenters. The molecule has 126 valence electrons. The van der Waals surface area contributed by atoms with Crippen molar-refractivity contribution in [3.63, 3.8) is 0 Å². The Morgan fingerprint density at radius 1 is 1.25 bits per heavy atom. The standard InChI is InChI=1S/C16H19N5O3/c1-21(2)16(23)20-13-5-3-4-12(10-13)15(22)24-9-8-18-14-6-7-17-11-19-14/h3-7,10-11H,8-9H2,1-2H3,(H,20,23)(H,17,18,19). The number of hydrogen-bond donors (Lipinski definition) is 2. The molecule has 8 nitrogen and oxygen atoms in total. The van der Waals surface area contributed by atoms with Gasteiger partial charge in [-0.1, -0.05) is 6.07 Å². The Morgan fingerprint density at radius 2 is 2.08 bits per heavy atom. The SMILES string of the molecule is CN(C)C(=O)Nc1cccc(C(=O)OCCNc2ccncn2)c1. The summed E-state index contributed by atoms with van der Waals surface area (Å²) in [4.78, 5) is 32.9. The second-order valence-corrected chi connectivity index (χ2v) is 5.06. The summed E-state index contributed by atoms with van der Waals surface area (Å²) in [5.41, 5.74) is 0.899. The highest BCUT2D eigenvalue weighted by molar-refractivity contribution is 5.93. The zero-order chi connectivity index (χ0) is 17.4. The summed E-state index contributed by atoms with van der Waals surface area (Å²) in [5, 5.41) is 5.69. The van der Waals surface area contributed by atoms with Gasteiger partial charge in [0.15, 0.2) is 0 Å². The number of urea groups is 1. The smallest absolute Gasteiger partial charge is 0.338 e. The molecule has 0 bridgehead atoms. The van der Waals surface area contributed by atoms with E-state index in [4.69, 9.17) is 4.74 Å². The van der Waals surface area contributed by atoms with Gasteiger partial charge >= 0.3 is 12.0 Å². The fourth-order valence-electron chi connectivity index (χ4n) is 1.76. The average molecular weight is 329 g/mol. The molecule has 0 saturated carbocycles. The molecule has 0 aliphatic heterocycles. The van der Waals surface area contributed by atoms with Crippen molar-refractivity contribution in [1.82, 2.24) is 14.9 Å². The van der Waals surface area contributed by atoms with E-state index in [9.17, 15) is 9.59 Å². The topological polar surface area (TPSA) is 96.5 Å². The van der Waals surface area contributed by atoms with Gasteiger partial charge in [0.2, 0.25) is 0 Å². The van der Waals surface area contributed by atoms with E-state index in [-0.39, 0.29) is 12.6 Å². The second kappa shape index (κ2) is 8.47. The summed E-state index contributed by atoms with van der Waals surface area (Å²) in [6.07, 6.45) is 3.05. The predicted molar refractivity (Wildman–Crippen MR) is 90.0 cm³/mol. The monoisotopic (exact) mass is 329 g/mol. The van der Waals surface area contributed by atoms with Crippen molar-refractivity contribution in [2.45, 2.75) is 0 Å². The number of amides is 2. The third-order valence-corrected chi connectivity index (χ3v) is 2.98. The minimum atomic E-state index is -0.458. The lowest BCUT2D eigenvalue weighted by atomic mass is 10.2. The van der Waals surface area contributed by atoms with Gasteiger partial charge in [0, 0.05) is 26.0 Å². The highest BCUT2D eigenvalue weighted by Crippen LogP contribution is 2.12. The van der Waals surface area contributed by atoms with Crippen LogP contribution in [0.4, 0.5) is 16.3 Å². The normalized spacial score (nSPS) is 9.92. The van der Waals surface area contributed by atoms with E-state index in [0.717, 1.165) is 0 Å². The van der Waals surface area contributed by atoms with E-state index in [0.29, 0.717) is 23.6 Å². The molecule has 1 aromatic carbocycles.